The zero-order valence-corrected chi connectivity index (χ0v) is 10.1. The summed E-state index contributed by atoms with van der Waals surface area (Å²) in [4.78, 5) is 19.7. The van der Waals surface area contributed by atoms with Crippen molar-refractivity contribution in [2.75, 3.05) is 6.61 Å². The molecule has 0 aromatic carbocycles. The molecule has 0 fully saturated rings. The number of esters is 1. The Morgan fingerprint density at radius 2 is 2.18 bits per heavy atom. The van der Waals surface area contributed by atoms with E-state index in [1.807, 2.05) is 6.92 Å². The predicted molar refractivity (Wildman–Crippen MR) is 59.9 cm³/mol. The van der Waals surface area contributed by atoms with Gasteiger partial charge in [-0.25, -0.2) is 9.78 Å². The van der Waals surface area contributed by atoms with E-state index in [0.29, 0.717) is 17.6 Å². The Morgan fingerprint density at radius 3 is 2.82 bits per heavy atom. The molecule has 2 aromatic rings. The van der Waals surface area contributed by atoms with Gasteiger partial charge in [0.2, 0.25) is 5.69 Å². The minimum absolute atomic E-state index is 0.00880. The van der Waals surface area contributed by atoms with Gasteiger partial charge in [0.15, 0.2) is 0 Å². The molecule has 0 unspecified atom stereocenters. The van der Waals surface area contributed by atoms with Gasteiger partial charge in [0, 0.05) is 6.42 Å². The van der Waals surface area contributed by atoms with Crippen molar-refractivity contribution >= 4 is 28.7 Å². The number of hydrogen-bond donors (Lipinski definition) is 0. The van der Waals surface area contributed by atoms with Crippen LogP contribution in [0, 0.1) is 0 Å². The lowest BCUT2D eigenvalue weighted by atomic mass is 10.3. The molecule has 0 saturated carbocycles. The molecule has 2 rings (SSSR count). The number of carbonyl (C=O) groups is 1. The van der Waals surface area contributed by atoms with Crippen molar-refractivity contribution in [1.82, 2.24) is 15.1 Å². The Balaban J connectivity index is 2.57. The highest BCUT2D eigenvalue weighted by atomic mass is 35.5. The molecule has 0 amide bonds. The molecule has 2 heterocycles. The smallest absolute Gasteiger partial charge is 0.361 e. The van der Waals surface area contributed by atoms with Crippen molar-refractivity contribution in [3.63, 3.8) is 0 Å². The minimum Gasteiger partial charge on any atom is -0.461 e. The molecule has 0 atom stereocenters. The first-order chi connectivity index (χ1) is 8.17. The van der Waals surface area contributed by atoms with Crippen molar-refractivity contribution in [3.8, 4) is 0 Å². The van der Waals surface area contributed by atoms with Crippen LogP contribution < -0.4 is 0 Å². The van der Waals surface area contributed by atoms with E-state index in [4.69, 9.17) is 20.9 Å². The van der Waals surface area contributed by atoms with E-state index in [2.05, 4.69) is 15.1 Å². The molecule has 0 spiro atoms. The summed E-state index contributed by atoms with van der Waals surface area (Å²) in [5.41, 5.74) is 0.208. The maximum Gasteiger partial charge on any atom is 0.361 e. The monoisotopic (exact) mass is 255 g/mol. The second-order valence-corrected chi connectivity index (χ2v) is 3.57. The average Bonchev–Trinajstić information content (AvgIpc) is 2.73. The summed E-state index contributed by atoms with van der Waals surface area (Å²) in [5.74, 6) is -0.0601. The fraction of sp³-hybridized carbons (Fsp3) is 0.400. The second kappa shape index (κ2) is 4.67. The van der Waals surface area contributed by atoms with Gasteiger partial charge in [0.25, 0.3) is 5.71 Å². The summed E-state index contributed by atoms with van der Waals surface area (Å²) in [6.45, 7) is 3.84. The van der Waals surface area contributed by atoms with Gasteiger partial charge in [-0.3, -0.25) is 0 Å². The SMILES string of the molecule is CCOC(=O)c1noc2nc(CC)nc(Cl)c12. The van der Waals surface area contributed by atoms with Crippen LogP contribution in [0.15, 0.2) is 4.52 Å². The van der Waals surface area contributed by atoms with Gasteiger partial charge in [0.1, 0.15) is 16.4 Å². The number of halogens is 1. The van der Waals surface area contributed by atoms with Gasteiger partial charge < -0.3 is 9.26 Å². The zero-order valence-electron chi connectivity index (χ0n) is 9.36. The molecular weight excluding hydrogens is 246 g/mol. The summed E-state index contributed by atoms with van der Waals surface area (Å²) < 4.78 is 9.78. The fourth-order valence-electron chi connectivity index (χ4n) is 1.35. The van der Waals surface area contributed by atoms with E-state index in [0.717, 1.165) is 0 Å². The molecular formula is C10H10ClN3O3. The fourth-order valence-corrected chi connectivity index (χ4v) is 1.62. The molecule has 0 radical (unpaired) electrons. The summed E-state index contributed by atoms with van der Waals surface area (Å²) in [6.07, 6.45) is 0.616. The van der Waals surface area contributed by atoms with E-state index < -0.39 is 5.97 Å². The van der Waals surface area contributed by atoms with Crippen molar-refractivity contribution in [1.29, 1.82) is 0 Å². The number of aryl methyl sites for hydroxylation is 1. The number of fused-ring (bicyclic) bond motifs is 1. The Labute approximate surface area is 102 Å². The molecule has 90 valence electrons. The second-order valence-electron chi connectivity index (χ2n) is 3.22. The third-order valence-electron chi connectivity index (χ3n) is 2.12. The Hall–Kier alpha value is -1.69. The van der Waals surface area contributed by atoms with Crippen LogP contribution in [0.5, 0.6) is 0 Å². The lowest BCUT2D eigenvalue weighted by Gasteiger charge is -1.99. The maximum atomic E-state index is 11.6. The van der Waals surface area contributed by atoms with Crippen LogP contribution >= 0.6 is 11.6 Å². The normalized spacial score (nSPS) is 10.8. The van der Waals surface area contributed by atoms with E-state index in [1.54, 1.807) is 6.92 Å². The Morgan fingerprint density at radius 1 is 1.41 bits per heavy atom. The topological polar surface area (TPSA) is 78.1 Å². The average molecular weight is 256 g/mol. The molecule has 0 N–H and O–H groups in total. The highest BCUT2D eigenvalue weighted by molar-refractivity contribution is 6.35. The minimum atomic E-state index is -0.596. The first-order valence-corrected chi connectivity index (χ1v) is 5.54. The molecule has 17 heavy (non-hydrogen) atoms. The highest BCUT2D eigenvalue weighted by Gasteiger charge is 2.22. The van der Waals surface area contributed by atoms with Gasteiger partial charge in [-0.2, -0.15) is 4.98 Å². The van der Waals surface area contributed by atoms with Crippen LogP contribution in [0.1, 0.15) is 30.2 Å². The molecule has 0 aliphatic heterocycles. The van der Waals surface area contributed by atoms with Crippen LogP contribution in [0.2, 0.25) is 5.15 Å². The molecule has 0 bridgehead atoms. The summed E-state index contributed by atoms with van der Waals surface area (Å²) in [5, 5.41) is 4.06. The van der Waals surface area contributed by atoms with Crippen LogP contribution in [0.25, 0.3) is 11.1 Å². The maximum absolute atomic E-state index is 11.6. The first-order valence-electron chi connectivity index (χ1n) is 5.16. The van der Waals surface area contributed by atoms with Crippen molar-refractivity contribution < 1.29 is 14.1 Å². The van der Waals surface area contributed by atoms with E-state index in [-0.39, 0.29) is 23.2 Å². The van der Waals surface area contributed by atoms with Gasteiger partial charge in [0.05, 0.1) is 6.61 Å². The molecule has 0 aliphatic carbocycles. The molecule has 6 nitrogen and oxygen atoms in total. The number of hydrogen-bond acceptors (Lipinski definition) is 6. The Bertz CT molecular complexity index is 567. The van der Waals surface area contributed by atoms with Crippen molar-refractivity contribution in [2.45, 2.75) is 20.3 Å². The summed E-state index contributed by atoms with van der Waals surface area (Å²) >= 11 is 5.97. The number of aromatic nitrogens is 3. The van der Waals surface area contributed by atoms with Gasteiger partial charge in [-0.05, 0) is 6.92 Å². The standard InChI is InChI=1S/C10H10ClN3O3/c1-3-5-12-8(11)6-7(10(15)16-4-2)14-17-9(6)13-5/h3-4H2,1-2H3. The third kappa shape index (κ3) is 2.08. The third-order valence-corrected chi connectivity index (χ3v) is 2.40. The van der Waals surface area contributed by atoms with Gasteiger partial charge in [-0.1, -0.05) is 23.7 Å². The van der Waals surface area contributed by atoms with E-state index >= 15 is 0 Å². The van der Waals surface area contributed by atoms with Crippen LogP contribution in [0.4, 0.5) is 0 Å². The summed E-state index contributed by atoms with van der Waals surface area (Å²) in [7, 11) is 0. The molecule has 0 aliphatic rings. The van der Waals surface area contributed by atoms with Crippen LogP contribution in [-0.4, -0.2) is 27.7 Å². The lowest BCUT2D eigenvalue weighted by molar-refractivity contribution is 0.0517. The highest BCUT2D eigenvalue weighted by Crippen LogP contribution is 2.24. The predicted octanol–water partition coefficient (Wildman–Crippen LogP) is 2.01. The van der Waals surface area contributed by atoms with Crippen LogP contribution in [-0.2, 0) is 11.2 Å². The van der Waals surface area contributed by atoms with E-state index in [1.165, 1.54) is 0 Å². The molecule has 0 saturated heterocycles. The van der Waals surface area contributed by atoms with Crippen LogP contribution in [0.3, 0.4) is 0 Å². The Kier molecular flexibility index (Phi) is 3.23. The number of nitrogens with zero attached hydrogens (tertiary/aromatic N) is 3. The quantitative estimate of drug-likeness (QED) is 0.617. The summed E-state index contributed by atoms with van der Waals surface area (Å²) in [6, 6.07) is 0. The van der Waals surface area contributed by atoms with Gasteiger partial charge in [-0.15, -0.1) is 0 Å². The number of carbonyl (C=O) groups excluding carboxylic acids is 1. The molecule has 2 aromatic heterocycles. The largest absolute Gasteiger partial charge is 0.461 e. The number of ether oxygens (including phenoxy) is 1. The number of rotatable bonds is 3. The lowest BCUT2D eigenvalue weighted by Crippen LogP contribution is -2.06. The van der Waals surface area contributed by atoms with Crippen molar-refractivity contribution in [2.24, 2.45) is 0 Å². The molecule has 7 heteroatoms. The van der Waals surface area contributed by atoms with Gasteiger partial charge >= 0.3 is 5.97 Å². The first kappa shape index (κ1) is 11.8. The van der Waals surface area contributed by atoms with Crippen molar-refractivity contribution in [3.05, 3.63) is 16.7 Å². The van der Waals surface area contributed by atoms with E-state index in [9.17, 15) is 4.79 Å². The zero-order chi connectivity index (χ0) is 12.4.